The van der Waals surface area contributed by atoms with E-state index in [0.29, 0.717) is 11.4 Å². The van der Waals surface area contributed by atoms with Crippen LogP contribution in [-0.2, 0) is 6.54 Å². The van der Waals surface area contributed by atoms with Gasteiger partial charge in [0.1, 0.15) is 6.33 Å². The van der Waals surface area contributed by atoms with Crippen LogP contribution >= 0.6 is 0 Å². The second-order valence-electron chi connectivity index (χ2n) is 4.01. The average molecular weight is 180 g/mol. The van der Waals surface area contributed by atoms with Gasteiger partial charge in [-0.05, 0) is 24.7 Å². The summed E-state index contributed by atoms with van der Waals surface area (Å²) in [4.78, 5) is 3.92. The molecule has 0 amide bonds. The molecule has 1 aromatic rings. The van der Waals surface area contributed by atoms with Gasteiger partial charge in [-0.3, -0.25) is 4.68 Å². The Hall–Kier alpha value is -1.06. The molecule has 2 rings (SSSR count). The van der Waals surface area contributed by atoms with Crippen molar-refractivity contribution in [1.29, 1.82) is 0 Å². The maximum absolute atomic E-state index is 5.46. The first-order chi connectivity index (χ1) is 6.24. The molecule has 0 aromatic carbocycles. The maximum atomic E-state index is 5.46. The molecule has 4 heteroatoms. The second-order valence-corrected chi connectivity index (χ2v) is 4.01. The zero-order valence-corrected chi connectivity index (χ0v) is 8.03. The monoisotopic (exact) mass is 180 g/mol. The Balaban J connectivity index is 2.04. The molecule has 0 bridgehead atoms. The third-order valence-electron chi connectivity index (χ3n) is 3.22. The van der Waals surface area contributed by atoms with Crippen molar-refractivity contribution >= 4 is 5.95 Å². The van der Waals surface area contributed by atoms with Crippen LogP contribution in [0.4, 0.5) is 5.95 Å². The molecule has 0 spiro atoms. The van der Waals surface area contributed by atoms with E-state index in [1.54, 1.807) is 6.33 Å². The molecule has 0 unspecified atom stereocenters. The van der Waals surface area contributed by atoms with E-state index in [-0.39, 0.29) is 0 Å². The van der Waals surface area contributed by atoms with Crippen molar-refractivity contribution in [3.63, 3.8) is 0 Å². The van der Waals surface area contributed by atoms with E-state index in [4.69, 9.17) is 5.73 Å². The predicted octanol–water partition coefficient (Wildman–Crippen LogP) is 1.44. The van der Waals surface area contributed by atoms with Crippen LogP contribution in [0.15, 0.2) is 6.33 Å². The van der Waals surface area contributed by atoms with Gasteiger partial charge in [0.2, 0.25) is 5.95 Å². The van der Waals surface area contributed by atoms with E-state index in [9.17, 15) is 0 Å². The number of nitrogens with two attached hydrogens (primary N) is 1. The standard InChI is InChI=1S/C9H16N4/c1-2-9(4-3-5-9)6-13-7-11-8(10)12-13/h7H,2-6H2,1H3,(H2,10,12). The fourth-order valence-electron chi connectivity index (χ4n) is 2.03. The number of rotatable bonds is 3. The number of aromatic nitrogens is 3. The molecule has 0 aliphatic heterocycles. The van der Waals surface area contributed by atoms with Crippen molar-refractivity contribution in [2.24, 2.45) is 5.41 Å². The Kier molecular flexibility index (Phi) is 1.98. The van der Waals surface area contributed by atoms with E-state index in [0.717, 1.165) is 6.54 Å². The molecule has 1 heterocycles. The molecule has 2 N–H and O–H groups in total. The number of anilines is 1. The second kappa shape index (κ2) is 3.01. The van der Waals surface area contributed by atoms with Crippen LogP contribution in [0.5, 0.6) is 0 Å². The maximum Gasteiger partial charge on any atom is 0.239 e. The van der Waals surface area contributed by atoms with Crippen LogP contribution in [0, 0.1) is 5.41 Å². The molecule has 4 nitrogen and oxygen atoms in total. The quantitative estimate of drug-likeness (QED) is 0.765. The number of hydrogen-bond acceptors (Lipinski definition) is 3. The summed E-state index contributed by atoms with van der Waals surface area (Å²) in [6, 6.07) is 0. The van der Waals surface area contributed by atoms with Crippen molar-refractivity contribution in [1.82, 2.24) is 14.8 Å². The smallest absolute Gasteiger partial charge is 0.239 e. The van der Waals surface area contributed by atoms with Crippen LogP contribution in [0.25, 0.3) is 0 Å². The van der Waals surface area contributed by atoms with Crippen molar-refractivity contribution < 1.29 is 0 Å². The average Bonchev–Trinajstić information content (AvgIpc) is 2.44. The molecule has 0 saturated heterocycles. The Morgan fingerprint density at radius 2 is 2.38 bits per heavy atom. The summed E-state index contributed by atoms with van der Waals surface area (Å²) in [5, 5.41) is 4.11. The summed E-state index contributed by atoms with van der Waals surface area (Å²) in [5.74, 6) is 0.380. The zero-order valence-electron chi connectivity index (χ0n) is 8.03. The molecular weight excluding hydrogens is 164 g/mol. The normalized spacial score (nSPS) is 19.8. The lowest BCUT2D eigenvalue weighted by Gasteiger charge is -2.40. The SMILES string of the molecule is CCC1(Cn2cnc(N)n2)CCC1. The highest BCUT2D eigenvalue weighted by Gasteiger charge is 2.35. The van der Waals surface area contributed by atoms with Gasteiger partial charge in [0, 0.05) is 6.54 Å². The molecule has 1 fully saturated rings. The topological polar surface area (TPSA) is 56.7 Å². The van der Waals surface area contributed by atoms with Gasteiger partial charge < -0.3 is 5.73 Å². The zero-order chi connectivity index (χ0) is 9.31. The summed E-state index contributed by atoms with van der Waals surface area (Å²) in [6.45, 7) is 3.23. The Bertz CT molecular complexity index is 282. The highest BCUT2D eigenvalue weighted by Crippen LogP contribution is 2.44. The summed E-state index contributed by atoms with van der Waals surface area (Å²) < 4.78 is 1.87. The lowest BCUT2D eigenvalue weighted by Crippen LogP contribution is -2.33. The van der Waals surface area contributed by atoms with E-state index in [1.807, 2.05) is 4.68 Å². The molecule has 1 aromatic heterocycles. The van der Waals surface area contributed by atoms with Crippen molar-refractivity contribution in [2.75, 3.05) is 5.73 Å². The van der Waals surface area contributed by atoms with Crippen LogP contribution in [0.1, 0.15) is 32.6 Å². The van der Waals surface area contributed by atoms with Gasteiger partial charge in [0.25, 0.3) is 0 Å². The Morgan fingerprint density at radius 1 is 1.62 bits per heavy atom. The van der Waals surface area contributed by atoms with Crippen LogP contribution in [-0.4, -0.2) is 14.8 Å². The van der Waals surface area contributed by atoms with Gasteiger partial charge >= 0.3 is 0 Å². The van der Waals surface area contributed by atoms with Crippen molar-refractivity contribution in [3.8, 4) is 0 Å². The Labute approximate surface area is 78.1 Å². The highest BCUT2D eigenvalue weighted by molar-refractivity contribution is 5.09. The highest BCUT2D eigenvalue weighted by atomic mass is 15.4. The molecule has 1 aliphatic rings. The fraction of sp³-hybridized carbons (Fsp3) is 0.778. The molecule has 72 valence electrons. The first kappa shape index (κ1) is 8.53. The summed E-state index contributed by atoms with van der Waals surface area (Å²) in [6.07, 6.45) is 6.96. The number of hydrogen-bond donors (Lipinski definition) is 1. The van der Waals surface area contributed by atoms with E-state index in [2.05, 4.69) is 17.0 Å². The van der Waals surface area contributed by atoms with Gasteiger partial charge in [-0.2, -0.15) is 0 Å². The number of nitrogens with zero attached hydrogens (tertiary/aromatic N) is 3. The van der Waals surface area contributed by atoms with E-state index < -0.39 is 0 Å². The van der Waals surface area contributed by atoms with Gasteiger partial charge in [-0.25, -0.2) is 4.98 Å². The van der Waals surface area contributed by atoms with E-state index in [1.165, 1.54) is 25.7 Å². The van der Waals surface area contributed by atoms with Gasteiger partial charge in [-0.1, -0.05) is 13.3 Å². The molecule has 1 saturated carbocycles. The first-order valence-corrected chi connectivity index (χ1v) is 4.89. The fourth-order valence-corrected chi connectivity index (χ4v) is 2.03. The largest absolute Gasteiger partial charge is 0.367 e. The minimum Gasteiger partial charge on any atom is -0.367 e. The Morgan fingerprint density at radius 3 is 2.77 bits per heavy atom. The van der Waals surface area contributed by atoms with Crippen LogP contribution in [0.2, 0.25) is 0 Å². The van der Waals surface area contributed by atoms with Crippen molar-refractivity contribution in [2.45, 2.75) is 39.2 Å². The summed E-state index contributed by atoms with van der Waals surface area (Å²) in [7, 11) is 0. The lowest BCUT2D eigenvalue weighted by atomic mass is 9.67. The molecule has 1 aliphatic carbocycles. The predicted molar refractivity (Wildman–Crippen MR) is 51.0 cm³/mol. The molecule has 0 atom stereocenters. The van der Waals surface area contributed by atoms with Gasteiger partial charge in [0.05, 0.1) is 0 Å². The number of nitrogen functional groups attached to an aromatic ring is 1. The van der Waals surface area contributed by atoms with Crippen LogP contribution < -0.4 is 5.73 Å². The third kappa shape index (κ3) is 1.53. The summed E-state index contributed by atoms with van der Waals surface area (Å²) in [5.41, 5.74) is 5.94. The van der Waals surface area contributed by atoms with Crippen LogP contribution in [0.3, 0.4) is 0 Å². The molecular formula is C9H16N4. The van der Waals surface area contributed by atoms with Gasteiger partial charge in [-0.15, -0.1) is 5.10 Å². The minimum atomic E-state index is 0.380. The van der Waals surface area contributed by atoms with Gasteiger partial charge in [0.15, 0.2) is 0 Å². The first-order valence-electron chi connectivity index (χ1n) is 4.89. The minimum absolute atomic E-state index is 0.380. The summed E-state index contributed by atoms with van der Waals surface area (Å²) >= 11 is 0. The molecule has 13 heavy (non-hydrogen) atoms. The van der Waals surface area contributed by atoms with Crippen molar-refractivity contribution in [3.05, 3.63) is 6.33 Å². The van der Waals surface area contributed by atoms with E-state index >= 15 is 0 Å². The lowest BCUT2D eigenvalue weighted by molar-refractivity contribution is 0.0949. The molecule has 0 radical (unpaired) electrons. The third-order valence-corrected chi connectivity index (χ3v) is 3.22.